The first-order valence-corrected chi connectivity index (χ1v) is 12.4. The predicted octanol–water partition coefficient (Wildman–Crippen LogP) is 3.88. The highest BCUT2D eigenvalue weighted by molar-refractivity contribution is 5.77. The molecule has 5 rings (SSSR count). The van der Waals surface area contributed by atoms with Crippen LogP contribution in [-0.4, -0.2) is 76.9 Å². The second-order valence-corrected chi connectivity index (χ2v) is 10.1. The Balaban J connectivity index is 1.40. The highest BCUT2D eigenvalue weighted by Gasteiger charge is 2.37. The summed E-state index contributed by atoms with van der Waals surface area (Å²) in [5, 5.41) is 3.23. The first kappa shape index (κ1) is 24.8. The lowest BCUT2D eigenvalue weighted by Gasteiger charge is -2.40. The van der Waals surface area contributed by atoms with E-state index in [1.807, 2.05) is 19.9 Å². The van der Waals surface area contributed by atoms with E-state index in [1.165, 1.54) is 12.1 Å². The fourth-order valence-corrected chi connectivity index (χ4v) is 4.52. The van der Waals surface area contributed by atoms with Gasteiger partial charge in [-0.05, 0) is 44.2 Å². The molecule has 2 N–H and O–H groups in total. The fraction of sp³-hybridized carbons (Fsp3) is 0.500. The number of anilines is 1. The minimum Gasteiger partial charge on any atom is -0.379 e. The number of nitrogens with zero attached hydrogens (tertiary/aromatic N) is 4. The van der Waals surface area contributed by atoms with Crippen molar-refractivity contribution < 1.29 is 18.6 Å². The highest BCUT2D eigenvalue weighted by Crippen LogP contribution is 2.36. The van der Waals surface area contributed by atoms with E-state index < -0.39 is 6.29 Å². The molecule has 0 radical (unpaired) electrons. The number of rotatable bonds is 7. The van der Waals surface area contributed by atoms with Gasteiger partial charge in [-0.25, -0.2) is 19.3 Å². The van der Waals surface area contributed by atoms with Crippen LogP contribution in [0.5, 0.6) is 0 Å². The van der Waals surface area contributed by atoms with Crippen LogP contribution in [0.25, 0.3) is 22.6 Å². The third kappa shape index (κ3) is 5.73. The number of H-pyrrole nitrogens is 1. The summed E-state index contributed by atoms with van der Waals surface area (Å²) in [4.78, 5) is 19.6. The van der Waals surface area contributed by atoms with Crippen LogP contribution in [0.3, 0.4) is 0 Å². The Morgan fingerprint density at radius 1 is 1.11 bits per heavy atom. The van der Waals surface area contributed by atoms with Gasteiger partial charge in [0.15, 0.2) is 5.82 Å². The van der Waals surface area contributed by atoms with Crippen molar-refractivity contribution in [3.05, 3.63) is 48.2 Å². The minimum absolute atomic E-state index is 0.118. The van der Waals surface area contributed by atoms with E-state index in [4.69, 9.17) is 19.2 Å². The average molecular weight is 497 g/mol. The maximum absolute atomic E-state index is 13.6. The Kier molecular flexibility index (Phi) is 7.29. The number of imidazole rings is 1. The lowest BCUT2D eigenvalue weighted by Crippen LogP contribution is -2.48. The van der Waals surface area contributed by atoms with E-state index >= 15 is 0 Å². The van der Waals surface area contributed by atoms with E-state index in [9.17, 15) is 4.39 Å². The van der Waals surface area contributed by atoms with Crippen LogP contribution in [-0.2, 0) is 14.2 Å². The molecule has 2 saturated heterocycles. The molecule has 0 saturated carbocycles. The molecule has 0 unspecified atom stereocenters. The van der Waals surface area contributed by atoms with Crippen molar-refractivity contribution in [2.75, 3.05) is 51.4 Å². The number of halogens is 1. The van der Waals surface area contributed by atoms with Gasteiger partial charge in [-0.1, -0.05) is 6.92 Å². The van der Waals surface area contributed by atoms with Crippen LogP contribution in [0.1, 0.15) is 32.9 Å². The van der Waals surface area contributed by atoms with Crippen molar-refractivity contribution in [1.82, 2.24) is 24.8 Å². The molecular weight excluding hydrogens is 463 g/mol. The van der Waals surface area contributed by atoms with Gasteiger partial charge >= 0.3 is 0 Å². The molecular formula is C26H33FN6O3. The summed E-state index contributed by atoms with van der Waals surface area (Å²) in [6, 6.07) is 8.25. The molecule has 0 bridgehead atoms. The summed E-state index contributed by atoms with van der Waals surface area (Å²) in [6.45, 7) is 11.6. The van der Waals surface area contributed by atoms with E-state index in [0.29, 0.717) is 42.1 Å². The number of ether oxygens (including phenoxy) is 3. The molecule has 2 aliphatic rings. The number of nitrogens with one attached hydrogen (secondary N) is 2. The molecule has 4 heterocycles. The van der Waals surface area contributed by atoms with Gasteiger partial charge in [0.1, 0.15) is 5.82 Å². The van der Waals surface area contributed by atoms with Gasteiger partial charge in [0.25, 0.3) is 0 Å². The van der Waals surface area contributed by atoms with E-state index in [2.05, 4.69) is 32.1 Å². The number of aromatic nitrogens is 4. The Labute approximate surface area is 210 Å². The smallest absolute Gasteiger partial charge is 0.223 e. The topological polar surface area (TPSA) is 97.4 Å². The van der Waals surface area contributed by atoms with Crippen LogP contribution in [0.15, 0.2) is 36.5 Å². The summed E-state index contributed by atoms with van der Waals surface area (Å²) in [5.41, 5.74) is 2.65. The molecule has 9 nitrogen and oxygen atoms in total. The van der Waals surface area contributed by atoms with Gasteiger partial charge in [-0.3, -0.25) is 4.90 Å². The summed E-state index contributed by atoms with van der Waals surface area (Å²) in [5.74, 6) is 0.766. The van der Waals surface area contributed by atoms with Gasteiger partial charge in [-0.15, -0.1) is 0 Å². The summed E-state index contributed by atoms with van der Waals surface area (Å²) in [7, 11) is 0. The highest BCUT2D eigenvalue weighted by atomic mass is 19.1. The first-order valence-electron chi connectivity index (χ1n) is 12.4. The average Bonchev–Trinajstić information content (AvgIpc) is 3.31. The second-order valence-electron chi connectivity index (χ2n) is 10.1. The maximum atomic E-state index is 13.6. The number of hydrogen-bond donors (Lipinski definition) is 2. The van der Waals surface area contributed by atoms with E-state index in [1.54, 1.807) is 18.3 Å². The van der Waals surface area contributed by atoms with Crippen LogP contribution in [0.2, 0.25) is 0 Å². The Hall–Kier alpha value is -2.92. The van der Waals surface area contributed by atoms with Crippen LogP contribution < -0.4 is 5.32 Å². The molecule has 10 heteroatoms. The van der Waals surface area contributed by atoms with Gasteiger partial charge in [0.2, 0.25) is 12.2 Å². The van der Waals surface area contributed by atoms with Gasteiger partial charge in [0.05, 0.1) is 43.5 Å². The molecule has 3 aromatic rings. The first-order chi connectivity index (χ1) is 17.4. The number of hydrogen-bond acceptors (Lipinski definition) is 8. The third-order valence-corrected chi connectivity index (χ3v) is 6.27. The zero-order chi connectivity index (χ0) is 25.1. The Morgan fingerprint density at radius 3 is 2.53 bits per heavy atom. The molecule has 2 aromatic heterocycles. The Morgan fingerprint density at radius 2 is 1.83 bits per heavy atom. The van der Waals surface area contributed by atoms with Crippen molar-refractivity contribution in [2.45, 2.75) is 33.1 Å². The van der Waals surface area contributed by atoms with Crippen molar-refractivity contribution in [2.24, 2.45) is 5.41 Å². The van der Waals surface area contributed by atoms with Crippen molar-refractivity contribution in [1.29, 1.82) is 0 Å². The maximum Gasteiger partial charge on any atom is 0.223 e. The molecule has 1 aromatic carbocycles. The number of aromatic amines is 1. The van der Waals surface area contributed by atoms with Gasteiger partial charge in [0, 0.05) is 42.9 Å². The van der Waals surface area contributed by atoms with Crippen LogP contribution >= 0.6 is 0 Å². The molecule has 0 atom stereocenters. The lowest BCUT2D eigenvalue weighted by atomic mass is 9.91. The number of morpholine rings is 1. The number of benzene rings is 1. The summed E-state index contributed by atoms with van der Waals surface area (Å²) in [6.07, 6.45) is 1.07. The van der Waals surface area contributed by atoms with E-state index in [-0.39, 0.29) is 17.3 Å². The van der Waals surface area contributed by atoms with Gasteiger partial charge in [-0.2, -0.15) is 0 Å². The standard InChI is InChI=1S/C26H33FN6O3/c1-17(2)29-25-28-9-8-20(30-25)22-21(18-4-6-19(27)7-5-18)31-23(32-22)24-35-15-26(3,16-36-24)14-33-10-12-34-13-11-33/h4-9,17,24H,10-16H2,1-3H3,(H,31,32)(H,28,29,30). The monoisotopic (exact) mass is 496 g/mol. The lowest BCUT2D eigenvalue weighted by molar-refractivity contribution is -0.237. The molecule has 0 amide bonds. The van der Waals surface area contributed by atoms with Crippen molar-refractivity contribution in [3.63, 3.8) is 0 Å². The second kappa shape index (κ2) is 10.6. The summed E-state index contributed by atoms with van der Waals surface area (Å²) < 4.78 is 31.5. The van der Waals surface area contributed by atoms with Crippen LogP contribution in [0, 0.1) is 11.2 Å². The minimum atomic E-state index is -0.634. The zero-order valence-corrected chi connectivity index (χ0v) is 21.0. The fourth-order valence-electron chi connectivity index (χ4n) is 4.52. The zero-order valence-electron chi connectivity index (χ0n) is 21.0. The molecule has 36 heavy (non-hydrogen) atoms. The third-order valence-electron chi connectivity index (χ3n) is 6.27. The van der Waals surface area contributed by atoms with E-state index in [0.717, 1.165) is 38.4 Å². The predicted molar refractivity (Wildman–Crippen MR) is 134 cm³/mol. The quantitative estimate of drug-likeness (QED) is 0.509. The van der Waals surface area contributed by atoms with Crippen molar-refractivity contribution >= 4 is 5.95 Å². The molecule has 0 aliphatic carbocycles. The molecule has 2 aliphatic heterocycles. The molecule has 2 fully saturated rings. The summed E-state index contributed by atoms with van der Waals surface area (Å²) >= 11 is 0. The van der Waals surface area contributed by atoms with Crippen LogP contribution in [0.4, 0.5) is 10.3 Å². The largest absolute Gasteiger partial charge is 0.379 e. The SMILES string of the molecule is CC(C)Nc1nccc(-c2[nH]c(C3OCC(C)(CN4CCOCC4)CO3)nc2-c2ccc(F)cc2)n1. The normalized spacial score (nSPS) is 23.2. The van der Waals surface area contributed by atoms with Crippen molar-refractivity contribution in [3.8, 4) is 22.6 Å². The Bertz CT molecular complexity index is 1150. The molecule has 192 valence electrons. The van der Waals surface area contributed by atoms with Gasteiger partial charge < -0.3 is 24.5 Å². The molecule has 0 spiro atoms.